The molecule has 0 aliphatic carbocycles. The van der Waals surface area contributed by atoms with Gasteiger partial charge < -0.3 is 9.64 Å². The van der Waals surface area contributed by atoms with E-state index in [0.717, 1.165) is 41.0 Å². The number of benzene rings is 2. The molecule has 0 radical (unpaired) electrons. The average Bonchev–Trinajstić information content (AvgIpc) is 3.48. The second-order valence-corrected chi connectivity index (χ2v) is 7.96. The van der Waals surface area contributed by atoms with Crippen LogP contribution in [0.1, 0.15) is 30.3 Å². The Morgan fingerprint density at radius 3 is 2.82 bits per heavy atom. The van der Waals surface area contributed by atoms with Gasteiger partial charge in [-0.3, -0.25) is 14.2 Å². The molecule has 0 unspecified atom stereocenters. The number of fused-ring (bicyclic) bond motifs is 1. The van der Waals surface area contributed by atoms with Crippen molar-refractivity contribution < 1.29 is 13.9 Å². The maximum atomic E-state index is 13.8. The highest BCUT2D eigenvalue weighted by Gasteiger charge is 2.32. The Morgan fingerprint density at radius 2 is 2.03 bits per heavy atom. The molecule has 0 saturated carbocycles. The maximum absolute atomic E-state index is 13.8. The first kappa shape index (κ1) is 20.9. The summed E-state index contributed by atoms with van der Waals surface area (Å²) in [6.45, 7) is 4.59. The molecule has 2 aromatic heterocycles. The SMILES string of the molecule is C=CC(=O)N1CCC[C@H]1c1nc(-c2ccc(COc3ccccc3F)cc2)c2cnccn12. The Labute approximate surface area is 191 Å². The van der Waals surface area contributed by atoms with Gasteiger partial charge in [0.2, 0.25) is 5.91 Å². The Balaban J connectivity index is 1.44. The van der Waals surface area contributed by atoms with Gasteiger partial charge in [0, 0.05) is 24.5 Å². The molecule has 1 aliphatic heterocycles. The Bertz CT molecular complexity index is 1320. The fourth-order valence-corrected chi connectivity index (χ4v) is 4.31. The topological polar surface area (TPSA) is 59.7 Å². The van der Waals surface area contributed by atoms with E-state index in [2.05, 4.69) is 11.6 Å². The van der Waals surface area contributed by atoms with Crippen molar-refractivity contribution in [1.82, 2.24) is 19.3 Å². The van der Waals surface area contributed by atoms with Crippen LogP contribution in [-0.2, 0) is 11.4 Å². The highest BCUT2D eigenvalue weighted by Crippen LogP contribution is 2.35. The highest BCUT2D eigenvalue weighted by atomic mass is 19.1. The molecule has 5 rings (SSSR count). The zero-order valence-electron chi connectivity index (χ0n) is 18.0. The van der Waals surface area contributed by atoms with Gasteiger partial charge in [0.05, 0.1) is 23.4 Å². The van der Waals surface area contributed by atoms with Crippen LogP contribution in [0.2, 0.25) is 0 Å². The normalized spacial score (nSPS) is 15.7. The smallest absolute Gasteiger partial charge is 0.246 e. The molecular formula is C26H23FN4O2. The van der Waals surface area contributed by atoms with E-state index < -0.39 is 0 Å². The van der Waals surface area contributed by atoms with Gasteiger partial charge in [-0.2, -0.15) is 0 Å². The summed E-state index contributed by atoms with van der Waals surface area (Å²) in [5.74, 6) is 0.591. The van der Waals surface area contributed by atoms with Gasteiger partial charge in [-0.05, 0) is 36.6 Å². The first-order valence-electron chi connectivity index (χ1n) is 10.9. The number of aromatic nitrogens is 3. The van der Waals surface area contributed by atoms with Gasteiger partial charge in [-0.15, -0.1) is 0 Å². The lowest BCUT2D eigenvalue weighted by atomic mass is 10.1. The molecule has 6 nitrogen and oxygen atoms in total. The molecule has 7 heteroatoms. The predicted octanol–water partition coefficient (Wildman–Crippen LogP) is 4.96. The number of likely N-dealkylation sites (tertiary alicyclic amines) is 1. The van der Waals surface area contributed by atoms with E-state index in [1.165, 1.54) is 12.1 Å². The minimum atomic E-state index is -0.380. The molecule has 2 aromatic carbocycles. The van der Waals surface area contributed by atoms with Crippen molar-refractivity contribution in [1.29, 1.82) is 0 Å². The van der Waals surface area contributed by atoms with E-state index >= 15 is 0 Å². The number of nitrogens with zero attached hydrogens (tertiary/aromatic N) is 4. The number of imidazole rings is 1. The van der Waals surface area contributed by atoms with Crippen molar-refractivity contribution in [2.75, 3.05) is 6.54 Å². The van der Waals surface area contributed by atoms with Crippen LogP contribution >= 0.6 is 0 Å². The fraction of sp³-hybridized carbons (Fsp3) is 0.192. The van der Waals surface area contributed by atoms with Gasteiger partial charge in [0.15, 0.2) is 11.6 Å². The number of carbonyl (C=O) groups excluding carboxylic acids is 1. The number of rotatable bonds is 6. The third-order valence-corrected chi connectivity index (χ3v) is 5.94. The van der Waals surface area contributed by atoms with Gasteiger partial charge in [0.25, 0.3) is 0 Å². The fourth-order valence-electron chi connectivity index (χ4n) is 4.31. The monoisotopic (exact) mass is 442 g/mol. The van der Waals surface area contributed by atoms with Crippen LogP contribution in [0.15, 0.2) is 79.8 Å². The molecule has 1 fully saturated rings. The molecule has 3 heterocycles. The van der Waals surface area contributed by atoms with Crippen LogP contribution in [0.4, 0.5) is 4.39 Å². The molecule has 0 spiro atoms. The molecule has 1 aliphatic rings. The standard InChI is InChI=1S/C26H23FN4O2/c1-2-24(32)30-14-5-7-21(30)26-29-25(22-16-28-13-15-31(22)26)19-11-9-18(10-12-19)17-33-23-8-4-3-6-20(23)27/h2-4,6,8-13,15-16,21H,1,5,7,14,17H2/t21-/m0/s1. The summed E-state index contributed by atoms with van der Waals surface area (Å²) < 4.78 is 21.4. The number of amides is 1. The summed E-state index contributed by atoms with van der Waals surface area (Å²) in [5.41, 5.74) is 3.53. The maximum Gasteiger partial charge on any atom is 0.246 e. The molecule has 1 amide bonds. The van der Waals surface area contributed by atoms with E-state index in [9.17, 15) is 9.18 Å². The van der Waals surface area contributed by atoms with Crippen molar-refractivity contribution in [3.63, 3.8) is 0 Å². The predicted molar refractivity (Wildman–Crippen MR) is 123 cm³/mol. The lowest BCUT2D eigenvalue weighted by Crippen LogP contribution is -2.29. The summed E-state index contributed by atoms with van der Waals surface area (Å²) in [4.78, 5) is 23.4. The van der Waals surface area contributed by atoms with E-state index in [1.807, 2.05) is 39.8 Å². The summed E-state index contributed by atoms with van der Waals surface area (Å²) in [6.07, 6.45) is 8.53. The number of para-hydroxylation sites is 1. The molecule has 1 saturated heterocycles. The molecule has 0 N–H and O–H groups in total. The first-order chi connectivity index (χ1) is 16.2. The minimum Gasteiger partial charge on any atom is -0.486 e. The van der Waals surface area contributed by atoms with Crippen molar-refractivity contribution in [2.24, 2.45) is 0 Å². The van der Waals surface area contributed by atoms with Gasteiger partial charge >= 0.3 is 0 Å². The number of halogens is 1. The van der Waals surface area contributed by atoms with Crippen LogP contribution < -0.4 is 4.74 Å². The first-order valence-corrected chi connectivity index (χ1v) is 10.9. The highest BCUT2D eigenvalue weighted by molar-refractivity contribution is 5.87. The molecule has 1 atom stereocenters. The Hall–Kier alpha value is -4.00. The van der Waals surface area contributed by atoms with Gasteiger partial charge in [-0.25, -0.2) is 9.37 Å². The zero-order valence-corrected chi connectivity index (χ0v) is 18.0. The Morgan fingerprint density at radius 1 is 1.21 bits per heavy atom. The van der Waals surface area contributed by atoms with Crippen molar-refractivity contribution in [2.45, 2.75) is 25.5 Å². The minimum absolute atomic E-state index is 0.0796. The third kappa shape index (κ3) is 3.98. The van der Waals surface area contributed by atoms with E-state index in [0.29, 0.717) is 6.54 Å². The van der Waals surface area contributed by atoms with Crippen LogP contribution in [0.3, 0.4) is 0 Å². The third-order valence-electron chi connectivity index (χ3n) is 5.94. The second kappa shape index (κ2) is 8.86. The molecule has 166 valence electrons. The van der Waals surface area contributed by atoms with E-state index in [-0.39, 0.29) is 30.1 Å². The summed E-state index contributed by atoms with van der Waals surface area (Å²) >= 11 is 0. The molecule has 0 bridgehead atoms. The quantitative estimate of drug-likeness (QED) is 0.396. The van der Waals surface area contributed by atoms with Crippen LogP contribution in [0.25, 0.3) is 16.8 Å². The molecule has 33 heavy (non-hydrogen) atoms. The van der Waals surface area contributed by atoms with E-state index in [1.54, 1.807) is 30.6 Å². The Kier molecular flexibility index (Phi) is 5.60. The van der Waals surface area contributed by atoms with Gasteiger partial charge in [0.1, 0.15) is 12.4 Å². The lowest BCUT2D eigenvalue weighted by Gasteiger charge is -2.22. The van der Waals surface area contributed by atoms with Crippen LogP contribution in [0.5, 0.6) is 5.75 Å². The number of hydrogen-bond acceptors (Lipinski definition) is 4. The van der Waals surface area contributed by atoms with Crippen molar-refractivity contribution >= 4 is 11.4 Å². The van der Waals surface area contributed by atoms with Crippen molar-refractivity contribution in [3.05, 3.63) is 97.0 Å². The second-order valence-electron chi connectivity index (χ2n) is 7.96. The number of hydrogen-bond donors (Lipinski definition) is 0. The number of carbonyl (C=O) groups is 1. The summed E-state index contributed by atoms with van der Waals surface area (Å²) in [7, 11) is 0. The zero-order chi connectivity index (χ0) is 22.8. The molecular weight excluding hydrogens is 419 g/mol. The molecule has 4 aromatic rings. The van der Waals surface area contributed by atoms with Gasteiger partial charge in [-0.1, -0.05) is 43.0 Å². The average molecular weight is 442 g/mol. The summed E-state index contributed by atoms with van der Waals surface area (Å²) in [6, 6.07) is 14.1. The van der Waals surface area contributed by atoms with Crippen LogP contribution in [-0.4, -0.2) is 31.7 Å². The summed E-state index contributed by atoms with van der Waals surface area (Å²) in [5, 5.41) is 0. The van der Waals surface area contributed by atoms with Crippen LogP contribution in [0, 0.1) is 5.82 Å². The number of ether oxygens (including phenoxy) is 1. The van der Waals surface area contributed by atoms with Crippen molar-refractivity contribution in [3.8, 4) is 17.0 Å². The largest absolute Gasteiger partial charge is 0.486 e. The van der Waals surface area contributed by atoms with E-state index in [4.69, 9.17) is 9.72 Å². The lowest BCUT2D eigenvalue weighted by molar-refractivity contribution is -0.127.